The molecule has 3 aromatic carbocycles. The van der Waals surface area contributed by atoms with Gasteiger partial charge in [-0.3, -0.25) is 9.69 Å². The number of nitrogens with one attached hydrogen (secondary N) is 1. The van der Waals surface area contributed by atoms with Crippen LogP contribution in [0.25, 0.3) is 32.8 Å². The van der Waals surface area contributed by atoms with E-state index in [1.54, 1.807) is 30.7 Å². The Bertz CT molecular complexity index is 2010. The van der Waals surface area contributed by atoms with Gasteiger partial charge < -0.3 is 24.6 Å². The zero-order valence-electron chi connectivity index (χ0n) is 26.7. The number of anilines is 1. The van der Waals surface area contributed by atoms with Crippen molar-refractivity contribution in [1.82, 2.24) is 29.7 Å². The Balaban J connectivity index is 1.11. The normalized spacial score (nSPS) is 21.8. The molecule has 0 saturated carbocycles. The molecule has 0 aliphatic carbocycles. The molecule has 48 heavy (non-hydrogen) atoms. The van der Waals surface area contributed by atoms with E-state index in [9.17, 15) is 9.90 Å². The Morgan fingerprint density at radius 1 is 1.00 bits per heavy atom. The Morgan fingerprint density at radius 3 is 2.56 bits per heavy atom. The maximum atomic E-state index is 16.9. The molecule has 2 aromatic heterocycles. The van der Waals surface area contributed by atoms with Gasteiger partial charge in [0.1, 0.15) is 23.7 Å². The van der Waals surface area contributed by atoms with Crippen LogP contribution < -0.4 is 9.64 Å². The molecule has 4 aliphatic heterocycles. The predicted octanol–water partition coefficient (Wildman–Crippen LogP) is 5.45. The number of carbonyl (C=O) groups is 1. The smallest absolute Gasteiger partial charge is 0.319 e. The number of piperazine rings is 1. The number of amides is 1. The summed E-state index contributed by atoms with van der Waals surface area (Å²) in [6, 6.07) is 14.8. The average Bonchev–Trinajstić information content (AvgIpc) is 3.88. The first-order valence-corrected chi connectivity index (χ1v) is 17.1. The minimum Gasteiger partial charge on any atom is -0.508 e. The fourth-order valence-electron chi connectivity index (χ4n) is 8.94. The maximum Gasteiger partial charge on any atom is 0.319 e. The van der Waals surface area contributed by atoms with Gasteiger partial charge in [-0.25, -0.2) is 9.37 Å². The molecule has 9 rings (SSSR count). The molecule has 5 aromatic rings. The van der Waals surface area contributed by atoms with Crippen molar-refractivity contribution in [1.29, 1.82) is 0 Å². The fraction of sp³-hybridized carbons (Fsp3) is 0.405. The zero-order chi connectivity index (χ0) is 32.4. The number of carbonyl (C=O) groups excluding carboxylic acids is 1. The number of halogens is 1. The molecule has 4 saturated heterocycles. The third-order valence-electron chi connectivity index (χ3n) is 11.2. The molecule has 4 aliphatic rings. The number of nitrogens with zero attached hydrogens (tertiary/aromatic N) is 6. The Labute approximate surface area is 277 Å². The number of aromatic nitrogens is 4. The first-order chi connectivity index (χ1) is 23.5. The first kappa shape index (κ1) is 29.4. The van der Waals surface area contributed by atoms with Gasteiger partial charge in [-0.2, -0.15) is 9.97 Å². The maximum absolute atomic E-state index is 16.9. The van der Waals surface area contributed by atoms with Crippen LogP contribution in [0.1, 0.15) is 44.2 Å². The summed E-state index contributed by atoms with van der Waals surface area (Å²) < 4.78 is 23.3. The Hall–Kier alpha value is -4.77. The van der Waals surface area contributed by atoms with E-state index in [0.29, 0.717) is 42.0 Å². The van der Waals surface area contributed by atoms with Crippen LogP contribution in [0.2, 0.25) is 0 Å². The van der Waals surface area contributed by atoms with Crippen LogP contribution in [0.15, 0.2) is 61.1 Å². The van der Waals surface area contributed by atoms with Gasteiger partial charge >= 0.3 is 6.01 Å². The van der Waals surface area contributed by atoms with Crippen LogP contribution in [-0.4, -0.2) is 91.2 Å². The largest absolute Gasteiger partial charge is 0.508 e. The molecule has 0 spiro atoms. The van der Waals surface area contributed by atoms with E-state index in [2.05, 4.69) is 19.8 Å². The van der Waals surface area contributed by atoms with Crippen molar-refractivity contribution in [2.24, 2.45) is 0 Å². The van der Waals surface area contributed by atoms with Crippen LogP contribution in [0.5, 0.6) is 11.8 Å². The number of imidazole rings is 1. The number of hydrogen-bond acceptors (Lipinski definition) is 8. The van der Waals surface area contributed by atoms with Crippen molar-refractivity contribution >= 4 is 33.4 Å². The van der Waals surface area contributed by atoms with Crippen molar-refractivity contribution in [3.63, 3.8) is 0 Å². The lowest BCUT2D eigenvalue weighted by atomic mass is 9.95. The van der Waals surface area contributed by atoms with Crippen LogP contribution >= 0.6 is 0 Å². The fourth-order valence-corrected chi connectivity index (χ4v) is 8.94. The summed E-state index contributed by atoms with van der Waals surface area (Å²) in [7, 11) is 0. The van der Waals surface area contributed by atoms with E-state index in [0.717, 1.165) is 68.1 Å². The van der Waals surface area contributed by atoms with Gasteiger partial charge in [0, 0.05) is 48.0 Å². The van der Waals surface area contributed by atoms with Crippen LogP contribution in [-0.2, 0) is 11.2 Å². The number of benzene rings is 3. The third-order valence-corrected chi connectivity index (χ3v) is 11.2. The van der Waals surface area contributed by atoms with Gasteiger partial charge in [0.2, 0.25) is 5.91 Å². The molecule has 2 atom stereocenters. The van der Waals surface area contributed by atoms with Crippen LogP contribution in [0, 0.1) is 5.82 Å². The standard InChI is InChI=1S/C37H38FN7O3/c38-33-29(31-17-27(46)15-23-5-1-2-6-28(23)31)9-10-30-34(33)41-36(48-21-37-11-3-13-44(37)14-4-12-37)42-35(30)43-19-25-7-8-26(20-43)45(25)32(47)16-24-18-39-22-40-24/h1-2,5-6,9-10,15,17-18,22,25-26,46H,3-4,7-8,11-14,16,19-21H2,(H,39,40). The number of fused-ring (bicyclic) bond motifs is 5. The molecule has 4 fully saturated rings. The zero-order valence-corrected chi connectivity index (χ0v) is 26.7. The summed E-state index contributed by atoms with van der Waals surface area (Å²) in [6.45, 7) is 3.81. The van der Waals surface area contributed by atoms with E-state index < -0.39 is 5.82 Å². The van der Waals surface area contributed by atoms with Crippen LogP contribution in [0.4, 0.5) is 10.2 Å². The molecule has 2 N–H and O–H groups in total. The number of phenolic OH excluding ortho intramolecular Hbond substituents is 1. The average molecular weight is 648 g/mol. The molecule has 1 amide bonds. The third kappa shape index (κ3) is 4.86. The van der Waals surface area contributed by atoms with Gasteiger partial charge in [0.25, 0.3) is 0 Å². The van der Waals surface area contributed by atoms with Gasteiger partial charge in [0.15, 0.2) is 5.82 Å². The quantitative estimate of drug-likeness (QED) is 0.240. The van der Waals surface area contributed by atoms with Crippen molar-refractivity contribution in [3.8, 4) is 22.9 Å². The van der Waals surface area contributed by atoms with Gasteiger partial charge in [-0.1, -0.05) is 30.3 Å². The highest BCUT2D eigenvalue weighted by Crippen LogP contribution is 2.42. The van der Waals surface area contributed by atoms with Crippen molar-refractivity contribution < 1.29 is 19.0 Å². The minimum absolute atomic E-state index is 0.0148. The second-order valence-corrected chi connectivity index (χ2v) is 13.9. The minimum atomic E-state index is -0.477. The number of aromatic amines is 1. The number of rotatable bonds is 7. The SMILES string of the molecule is O=C(Cc1cnc[nH]1)N1C2CCC1CN(c1nc(OCC34CCCN3CCC4)nc3c(F)c(-c4cc(O)cc5ccccc45)ccc13)C2. The number of ether oxygens (including phenoxy) is 1. The topological polar surface area (TPSA) is 111 Å². The van der Waals surface area contributed by atoms with E-state index in [1.165, 1.54) is 0 Å². The van der Waals surface area contributed by atoms with Gasteiger partial charge in [-0.05, 0) is 86.1 Å². The molecule has 10 nitrogen and oxygen atoms in total. The number of hydrogen-bond donors (Lipinski definition) is 2. The second-order valence-electron chi connectivity index (χ2n) is 13.9. The number of aromatic hydroxyl groups is 1. The summed E-state index contributed by atoms with van der Waals surface area (Å²) in [4.78, 5) is 37.0. The molecule has 11 heteroatoms. The molecular formula is C37H38FN7O3. The lowest BCUT2D eigenvalue weighted by Crippen LogP contribution is -2.56. The highest BCUT2D eigenvalue weighted by molar-refractivity contribution is 6.01. The Kier molecular flexibility index (Phi) is 7.00. The summed E-state index contributed by atoms with van der Waals surface area (Å²) in [5.41, 5.74) is 1.94. The summed E-state index contributed by atoms with van der Waals surface area (Å²) in [5, 5.41) is 12.8. The molecular weight excluding hydrogens is 609 g/mol. The van der Waals surface area contributed by atoms with E-state index >= 15 is 4.39 Å². The predicted molar refractivity (Wildman–Crippen MR) is 181 cm³/mol. The molecule has 246 valence electrons. The van der Waals surface area contributed by atoms with Gasteiger partial charge in [-0.15, -0.1) is 0 Å². The van der Waals surface area contributed by atoms with E-state index in [4.69, 9.17) is 14.7 Å². The lowest BCUT2D eigenvalue weighted by molar-refractivity contribution is -0.133. The van der Waals surface area contributed by atoms with Crippen molar-refractivity contribution in [2.75, 3.05) is 37.7 Å². The van der Waals surface area contributed by atoms with Crippen molar-refractivity contribution in [2.45, 2.75) is 62.6 Å². The van der Waals surface area contributed by atoms with Crippen LogP contribution in [0.3, 0.4) is 0 Å². The second kappa shape index (κ2) is 11.4. The Morgan fingerprint density at radius 2 is 1.79 bits per heavy atom. The number of phenols is 1. The first-order valence-electron chi connectivity index (χ1n) is 17.1. The number of H-pyrrole nitrogens is 1. The summed E-state index contributed by atoms with van der Waals surface area (Å²) in [5.74, 6) is 0.317. The van der Waals surface area contributed by atoms with Crippen molar-refractivity contribution in [3.05, 3.63) is 72.6 Å². The van der Waals surface area contributed by atoms with E-state index in [-0.39, 0.29) is 47.2 Å². The van der Waals surface area contributed by atoms with Gasteiger partial charge in [0.05, 0.1) is 18.3 Å². The lowest BCUT2D eigenvalue weighted by Gasteiger charge is -2.42. The molecule has 2 bridgehead atoms. The monoisotopic (exact) mass is 647 g/mol. The molecule has 2 unspecified atom stereocenters. The highest BCUT2D eigenvalue weighted by Gasteiger charge is 2.46. The molecule has 6 heterocycles. The molecule has 0 radical (unpaired) electrons. The summed E-state index contributed by atoms with van der Waals surface area (Å²) >= 11 is 0. The van der Waals surface area contributed by atoms with E-state index in [1.807, 2.05) is 35.2 Å². The highest BCUT2D eigenvalue weighted by atomic mass is 19.1. The summed E-state index contributed by atoms with van der Waals surface area (Å²) in [6.07, 6.45) is 9.85.